The minimum atomic E-state index is -0.156. The highest BCUT2D eigenvalue weighted by atomic mass is 16.6. The number of nitrogens with zero attached hydrogens (tertiary/aromatic N) is 2. The quantitative estimate of drug-likeness (QED) is 0.887. The maximum absolute atomic E-state index is 11.6. The van der Waals surface area contributed by atoms with E-state index in [9.17, 15) is 4.79 Å². The van der Waals surface area contributed by atoms with Crippen molar-refractivity contribution in [1.29, 1.82) is 0 Å². The van der Waals surface area contributed by atoms with E-state index >= 15 is 0 Å². The van der Waals surface area contributed by atoms with Gasteiger partial charge in [-0.15, -0.1) is 0 Å². The summed E-state index contributed by atoms with van der Waals surface area (Å²) >= 11 is 0. The number of benzene rings is 1. The van der Waals surface area contributed by atoms with Crippen LogP contribution in [0.1, 0.15) is 0 Å². The molecule has 0 aliphatic carbocycles. The average Bonchev–Trinajstić information content (AvgIpc) is 2.49. The summed E-state index contributed by atoms with van der Waals surface area (Å²) in [5.41, 5.74) is 6.90. The molecule has 0 saturated carbocycles. The van der Waals surface area contributed by atoms with E-state index < -0.39 is 0 Å². The number of ether oxygens (including phenoxy) is 2. The zero-order valence-electron chi connectivity index (χ0n) is 10.9. The van der Waals surface area contributed by atoms with Gasteiger partial charge in [-0.05, 0) is 24.3 Å². The van der Waals surface area contributed by atoms with Crippen molar-refractivity contribution < 1.29 is 9.47 Å². The highest BCUT2D eigenvalue weighted by Gasteiger charge is 2.13. The molecular weight excluding hydrogens is 258 g/mol. The molecule has 0 unspecified atom stereocenters. The van der Waals surface area contributed by atoms with Crippen LogP contribution >= 0.6 is 0 Å². The Kier molecular flexibility index (Phi) is 3.39. The van der Waals surface area contributed by atoms with Crippen molar-refractivity contribution in [3.63, 3.8) is 0 Å². The molecule has 1 aromatic heterocycles. The van der Waals surface area contributed by atoms with Crippen molar-refractivity contribution in [2.45, 2.75) is 6.54 Å². The number of hydrogen-bond donors (Lipinski definition) is 1. The van der Waals surface area contributed by atoms with Gasteiger partial charge in [0, 0.05) is 18.2 Å². The predicted molar refractivity (Wildman–Crippen MR) is 74.0 cm³/mol. The first kappa shape index (κ1) is 12.7. The first-order chi connectivity index (χ1) is 9.78. The zero-order valence-corrected chi connectivity index (χ0v) is 10.9. The fourth-order valence-electron chi connectivity index (χ4n) is 2.09. The zero-order chi connectivity index (χ0) is 13.9. The van der Waals surface area contributed by atoms with Crippen LogP contribution in [0, 0.1) is 0 Å². The van der Waals surface area contributed by atoms with Gasteiger partial charge in [0.2, 0.25) is 0 Å². The van der Waals surface area contributed by atoms with E-state index in [1.165, 1.54) is 10.7 Å². The molecule has 1 aliphatic heterocycles. The lowest BCUT2D eigenvalue weighted by atomic mass is 10.1. The Bertz CT molecular complexity index is 682. The second kappa shape index (κ2) is 5.34. The normalized spacial score (nSPS) is 13.2. The monoisotopic (exact) mass is 273 g/mol. The van der Waals surface area contributed by atoms with E-state index in [1.807, 2.05) is 18.2 Å². The van der Waals surface area contributed by atoms with Gasteiger partial charge in [-0.25, -0.2) is 4.68 Å². The van der Waals surface area contributed by atoms with Crippen molar-refractivity contribution >= 4 is 0 Å². The molecule has 0 amide bonds. The standard InChI is InChI=1S/C14H15N3O3/c15-5-6-17-14(18)4-2-11(16-17)10-1-3-12-13(9-10)20-8-7-19-12/h1-4,9H,5-8,15H2. The molecule has 1 aromatic carbocycles. The molecule has 0 radical (unpaired) electrons. The first-order valence-electron chi connectivity index (χ1n) is 6.46. The van der Waals surface area contributed by atoms with Crippen LogP contribution in [0.4, 0.5) is 0 Å². The molecule has 2 heterocycles. The molecule has 2 aromatic rings. The number of fused-ring (bicyclic) bond motifs is 1. The molecule has 1 aliphatic rings. The molecule has 0 bridgehead atoms. The summed E-state index contributed by atoms with van der Waals surface area (Å²) in [4.78, 5) is 11.6. The Morgan fingerprint density at radius 3 is 2.75 bits per heavy atom. The third-order valence-corrected chi connectivity index (χ3v) is 3.05. The van der Waals surface area contributed by atoms with Crippen LogP contribution in [0.2, 0.25) is 0 Å². The summed E-state index contributed by atoms with van der Waals surface area (Å²) in [6.45, 7) is 1.87. The lowest BCUT2D eigenvalue weighted by Crippen LogP contribution is -2.25. The maximum atomic E-state index is 11.6. The van der Waals surface area contributed by atoms with E-state index in [0.717, 1.165) is 11.3 Å². The van der Waals surface area contributed by atoms with E-state index in [4.69, 9.17) is 15.2 Å². The van der Waals surface area contributed by atoms with Crippen molar-refractivity contribution in [3.8, 4) is 22.8 Å². The average molecular weight is 273 g/mol. The summed E-state index contributed by atoms with van der Waals surface area (Å²) in [5, 5.41) is 4.31. The van der Waals surface area contributed by atoms with Gasteiger partial charge >= 0.3 is 0 Å². The van der Waals surface area contributed by atoms with Gasteiger partial charge in [0.05, 0.1) is 12.2 Å². The Labute approximate surface area is 115 Å². The van der Waals surface area contributed by atoms with Crippen LogP contribution in [0.3, 0.4) is 0 Å². The Balaban J connectivity index is 2.00. The molecule has 0 fully saturated rings. The minimum absolute atomic E-state index is 0.156. The van der Waals surface area contributed by atoms with Gasteiger partial charge in [-0.2, -0.15) is 5.10 Å². The molecule has 20 heavy (non-hydrogen) atoms. The van der Waals surface area contributed by atoms with Gasteiger partial charge in [0.25, 0.3) is 5.56 Å². The second-order valence-corrected chi connectivity index (χ2v) is 4.43. The van der Waals surface area contributed by atoms with Crippen LogP contribution in [0.5, 0.6) is 11.5 Å². The number of hydrogen-bond acceptors (Lipinski definition) is 5. The molecule has 104 valence electrons. The van der Waals surface area contributed by atoms with E-state index in [1.54, 1.807) is 6.07 Å². The van der Waals surface area contributed by atoms with Crippen LogP contribution < -0.4 is 20.8 Å². The van der Waals surface area contributed by atoms with E-state index in [-0.39, 0.29) is 5.56 Å². The lowest BCUT2D eigenvalue weighted by molar-refractivity contribution is 0.171. The number of nitrogens with two attached hydrogens (primary N) is 1. The SMILES string of the molecule is NCCn1nc(-c2ccc3c(c2)OCCO3)ccc1=O. The summed E-state index contributed by atoms with van der Waals surface area (Å²) in [6, 6.07) is 8.81. The van der Waals surface area contributed by atoms with Crippen LogP contribution in [0.15, 0.2) is 35.1 Å². The minimum Gasteiger partial charge on any atom is -0.486 e. The van der Waals surface area contributed by atoms with Crippen LogP contribution in [-0.2, 0) is 6.54 Å². The van der Waals surface area contributed by atoms with Gasteiger partial charge in [0.15, 0.2) is 11.5 Å². The second-order valence-electron chi connectivity index (χ2n) is 4.43. The Morgan fingerprint density at radius 2 is 1.95 bits per heavy atom. The van der Waals surface area contributed by atoms with Crippen LogP contribution in [-0.4, -0.2) is 29.5 Å². The highest BCUT2D eigenvalue weighted by Crippen LogP contribution is 2.33. The summed E-state index contributed by atoms with van der Waals surface area (Å²) in [6.07, 6.45) is 0. The topological polar surface area (TPSA) is 79.4 Å². The molecule has 6 nitrogen and oxygen atoms in total. The molecule has 0 spiro atoms. The fourth-order valence-corrected chi connectivity index (χ4v) is 2.09. The van der Waals surface area contributed by atoms with Crippen LogP contribution in [0.25, 0.3) is 11.3 Å². The third kappa shape index (κ3) is 2.37. The largest absolute Gasteiger partial charge is 0.486 e. The maximum Gasteiger partial charge on any atom is 0.266 e. The predicted octanol–water partition coefficient (Wildman–Crippen LogP) is 0.640. The summed E-state index contributed by atoms with van der Waals surface area (Å²) in [5.74, 6) is 1.43. The lowest BCUT2D eigenvalue weighted by Gasteiger charge is -2.18. The molecule has 6 heteroatoms. The number of rotatable bonds is 3. The van der Waals surface area contributed by atoms with Crippen molar-refractivity contribution in [2.75, 3.05) is 19.8 Å². The van der Waals surface area contributed by atoms with Crippen molar-refractivity contribution in [2.24, 2.45) is 5.73 Å². The highest BCUT2D eigenvalue weighted by molar-refractivity contribution is 5.63. The van der Waals surface area contributed by atoms with Crippen molar-refractivity contribution in [1.82, 2.24) is 9.78 Å². The smallest absolute Gasteiger partial charge is 0.266 e. The van der Waals surface area contributed by atoms with E-state index in [2.05, 4.69) is 5.10 Å². The Hall–Kier alpha value is -2.34. The van der Waals surface area contributed by atoms with Gasteiger partial charge < -0.3 is 15.2 Å². The Morgan fingerprint density at radius 1 is 1.15 bits per heavy atom. The molecule has 0 saturated heterocycles. The first-order valence-corrected chi connectivity index (χ1v) is 6.46. The fraction of sp³-hybridized carbons (Fsp3) is 0.286. The van der Waals surface area contributed by atoms with E-state index in [0.29, 0.717) is 37.7 Å². The summed E-state index contributed by atoms with van der Waals surface area (Å²) in [7, 11) is 0. The third-order valence-electron chi connectivity index (χ3n) is 3.05. The number of aromatic nitrogens is 2. The molecule has 2 N–H and O–H groups in total. The summed E-state index contributed by atoms with van der Waals surface area (Å²) < 4.78 is 12.4. The van der Waals surface area contributed by atoms with Crippen molar-refractivity contribution in [3.05, 3.63) is 40.7 Å². The molecule has 0 atom stereocenters. The molecular formula is C14H15N3O3. The van der Waals surface area contributed by atoms with Gasteiger partial charge in [0.1, 0.15) is 13.2 Å². The van der Waals surface area contributed by atoms with Gasteiger partial charge in [-0.1, -0.05) is 0 Å². The van der Waals surface area contributed by atoms with Gasteiger partial charge in [-0.3, -0.25) is 4.79 Å². The molecule has 3 rings (SSSR count).